The van der Waals surface area contributed by atoms with Crippen LogP contribution in [0.2, 0.25) is 0 Å². The summed E-state index contributed by atoms with van der Waals surface area (Å²) in [6, 6.07) is 1.81. The molecule has 0 spiro atoms. The van der Waals surface area contributed by atoms with E-state index in [9.17, 15) is 9.59 Å². The SMILES string of the molecule is Cl.N=c1ccn2c(n1)O[C@@H]1[C@H](OC(=O)CCCCCCCCCCBr)[C@@H](COC(=O)CCCCCCCCCCBr)O[C@H]12. The first-order valence-electron chi connectivity index (χ1n) is 16.0. The molecule has 246 valence electrons. The van der Waals surface area contributed by atoms with Gasteiger partial charge in [0.2, 0.25) is 0 Å². The molecule has 12 heteroatoms. The second-order valence-electron chi connectivity index (χ2n) is 11.3. The van der Waals surface area contributed by atoms with Crippen LogP contribution in [0.3, 0.4) is 0 Å². The number of alkyl halides is 2. The number of ether oxygens (including phenoxy) is 4. The van der Waals surface area contributed by atoms with Gasteiger partial charge in [0.15, 0.2) is 23.9 Å². The lowest BCUT2D eigenvalue weighted by Crippen LogP contribution is -2.40. The summed E-state index contributed by atoms with van der Waals surface area (Å²) in [6.45, 7) is -0.00433. The van der Waals surface area contributed by atoms with Crippen molar-refractivity contribution in [3.63, 3.8) is 0 Å². The van der Waals surface area contributed by atoms with Crippen LogP contribution in [0.4, 0.5) is 0 Å². The van der Waals surface area contributed by atoms with E-state index in [0.717, 1.165) is 49.2 Å². The van der Waals surface area contributed by atoms with Gasteiger partial charge in [0, 0.05) is 29.7 Å². The number of unbranched alkanes of at least 4 members (excludes halogenated alkanes) is 14. The molecule has 43 heavy (non-hydrogen) atoms. The summed E-state index contributed by atoms with van der Waals surface area (Å²) in [6.07, 6.45) is 18.1. The van der Waals surface area contributed by atoms with E-state index >= 15 is 0 Å². The number of carbonyl (C=O) groups excluding carboxylic acids is 2. The maximum atomic E-state index is 12.8. The van der Waals surface area contributed by atoms with Gasteiger partial charge in [-0.3, -0.25) is 19.6 Å². The number of nitrogens with zero attached hydrogens (tertiary/aromatic N) is 2. The third-order valence-electron chi connectivity index (χ3n) is 7.84. The van der Waals surface area contributed by atoms with Crippen LogP contribution in [0.1, 0.15) is 122 Å². The second-order valence-corrected chi connectivity index (χ2v) is 12.9. The van der Waals surface area contributed by atoms with Gasteiger partial charge in [0.1, 0.15) is 12.7 Å². The molecule has 0 saturated carbocycles. The van der Waals surface area contributed by atoms with Crippen LogP contribution in [0.5, 0.6) is 6.01 Å². The highest BCUT2D eigenvalue weighted by atomic mass is 79.9. The molecule has 3 rings (SSSR count). The molecule has 2 aliphatic heterocycles. The molecule has 0 bridgehead atoms. The first-order chi connectivity index (χ1) is 20.5. The van der Waals surface area contributed by atoms with E-state index in [0.29, 0.717) is 12.8 Å². The Labute approximate surface area is 279 Å². The van der Waals surface area contributed by atoms with Crippen molar-refractivity contribution in [1.29, 1.82) is 5.41 Å². The number of halogens is 3. The molecule has 2 aliphatic rings. The minimum atomic E-state index is -0.731. The summed E-state index contributed by atoms with van der Waals surface area (Å²) in [5.41, 5.74) is 0.0815. The van der Waals surface area contributed by atoms with Gasteiger partial charge in [-0.05, 0) is 31.7 Å². The van der Waals surface area contributed by atoms with E-state index in [1.807, 2.05) is 0 Å². The smallest absolute Gasteiger partial charge is 0.306 e. The summed E-state index contributed by atoms with van der Waals surface area (Å²) in [4.78, 5) is 29.4. The third kappa shape index (κ3) is 13.8. The van der Waals surface area contributed by atoms with Gasteiger partial charge in [0.25, 0.3) is 0 Å². The summed E-state index contributed by atoms with van der Waals surface area (Å²) in [7, 11) is 0. The molecule has 0 unspecified atom stereocenters. The lowest BCUT2D eigenvalue weighted by atomic mass is 10.1. The zero-order valence-corrected chi connectivity index (χ0v) is 29.3. The summed E-state index contributed by atoms with van der Waals surface area (Å²) >= 11 is 6.94. The molecule has 1 aromatic heterocycles. The van der Waals surface area contributed by atoms with Crippen LogP contribution >= 0.6 is 44.3 Å². The van der Waals surface area contributed by atoms with E-state index < -0.39 is 24.5 Å². The van der Waals surface area contributed by atoms with Crippen LogP contribution in [-0.2, 0) is 23.8 Å². The van der Waals surface area contributed by atoms with Crippen LogP contribution < -0.4 is 10.2 Å². The summed E-state index contributed by atoms with van der Waals surface area (Å²) in [5.74, 6) is -0.566. The molecule has 1 N–H and O–H groups in total. The molecule has 0 aliphatic carbocycles. The second kappa shape index (κ2) is 22.4. The quantitative estimate of drug-likeness (QED) is 0.0692. The standard InChI is InChI=1S/C31H49Br2N3O6.ClH/c32-20-15-11-7-3-1-5-9-13-17-26(37)39-23-24-28(29-30(40-24)36-22-19-25(34)35-31(36)42-29)41-27(38)18-14-10-6-2-4-8-12-16-21-33;/h19,22,24,28-30,34H,1-18,20-21,23H2;1H/t24-,28-,29-,30-;/m1./s1. The minimum Gasteiger partial charge on any atom is -0.463 e. The zero-order valence-electron chi connectivity index (χ0n) is 25.3. The molecule has 0 aromatic carbocycles. The van der Waals surface area contributed by atoms with Crippen LogP contribution in [0.15, 0.2) is 12.3 Å². The molecule has 1 fully saturated rings. The normalized spacial score (nSPS) is 20.1. The molecule has 4 atom stereocenters. The number of rotatable bonds is 23. The predicted molar refractivity (Wildman–Crippen MR) is 175 cm³/mol. The largest absolute Gasteiger partial charge is 0.463 e. The molecular formula is C31H50Br2ClN3O6. The zero-order chi connectivity index (χ0) is 30.0. The molecule has 0 radical (unpaired) electrons. The molecule has 1 saturated heterocycles. The van der Waals surface area contributed by atoms with Gasteiger partial charge in [-0.2, -0.15) is 4.98 Å². The van der Waals surface area contributed by atoms with Crippen molar-refractivity contribution < 1.29 is 28.5 Å². The highest BCUT2D eigenvalue weighted by Gasteiger charge is 2.54. The van der Waals surface area contributed by atoms with Crippen LogP contribution in [-0.4, -0.2) is 57.1 Å². The van der Waals surface area contributed by atoms with Crippen molar-refractivity contribution >= 4 is 56.2 Å². The molecular weight excluding hydrogens is 706 g/mol. The lowest BCUT2D eigenvalue weighted by molar-refractivity contribution is -0.160. The Hall–Kier alpha value is -1.17. The maximum absolute atomic E-state index is 12.8. The van der Waals surface area contributed by atoms with Gasteiger partial charge in [-0.1, -0.05) is 109 Å². The van der Waals surface area contributed by atoms with Crippen molar-refractivity contribution in [2.24, 2.45) is 0 Å². The molecule has 1 aromatic rings. The Morgan fingerprint density at radius 2 is 1.33 bits per heavy atom. The number of hydrogen-bond acceptors (Lipinski definition) is 8. The number of esters is 2. The van der Waals surface area contributed by atoms with Crippen molar-refractivity contribution in [3.8, 4) is 6.01 Å². The fourth-order valence-electron chi connectivity index (χ4n) is 5.46. The molecule has 9 nitrogen and oxygen atoms in total. The number of aromatic nitrogens is 2. The molecule has 0 amide bonds. The van der Waals surface area contributed by atoms with Gasteiger partial charge in [-0.25, -0.2) is 0 Å². The Kier molecular flexibility index (Phi) is 19.8. The fourth-order valence-corrected chi connectivity index (χ4v) is 6.25. The van der Waals surface area contributed by atoms with E-state index in [2.05, 4.69) is 36.8 Å². The monoisotopic (exact) mass is 753 g/mol. The predicted octanol–water partition coefficient (Wildman–Crippen LogP) is 7.71. The molecule has 3 heterocycles. The lowest BCUT2D eigenvalue weighted by Gasteiger charge is -2.22. The maximum Gasteiger partial charge on any atom is 0.306 e. The van der Waals surface area contributed by atoms with Crippen molar-refractivity contribution in [2.45, 2.75) is 140 Å². The van der Waals surface area contributed by atoms with Gasteiger partial charge >= 0.3 is 17.9 Å². The van der Waals surface area contributed by atoms with Crippen molar-refractivity contribution in [2.75, 3.05) is 17.3 Å². The first-order valence-corrected chi connectivity index (χ1v) is 18.2. The van der Waals surface area contributed by atoms with E-state index in [1.54, 1.807) is 16.8 Å². The topological polar surface area (TPSA) is 113 Å². The highest BCUT2D eigenvalue weighted by Crippen LogP contribution is 2.40. The van der Waals surface area contributed by atoms with Crippen molar-refractivity contribution in [1.82, 2.24) is 9.55 Å². The van der Waals surface area contributed by atoms with E-state index in [1.165, 1.54) is 64.2 Å². The average molecular weight is 756 g/mol. The summed E-state index contributed by atoms with van der Waals surface area (Å²) < 4.78 is 25.3. The average Bonchev–Trinajstić information content (AvgIpc) is 3.49. The number of nitrogens with one attached hydrogen (secondary N) is 1. The number of fused-ring (bicyclic) bond motifs is 3. The van der Waals surface area contributed by atoms with Crippen molar-refractivity contribution in [3.05, 3.63) is 17.8 Å². The fraction of sp³-hybridized carbons (Fsp3) is 0.806. The Bertz CT molecular complexity index is 1000. The number of carbonyl (C=O) groups is 2. The highest BCUT2D eigenvalue weighted by molar-refractivity contribution is 9.09. The van der Waals surface area contributed by atoms with Gasteiger partial charge < -0.3 is 18.9 Å². The van der Waals surface area contributed by atoms with Crippen LogP contribution in [0, 0.1) is 5.41 Å². The van der Waals surface area contributed by atoms with E-state index in [4.69, 9.17) is 24.4 Å². The van der Waals surface area contributed by atoms with Gasteiger partial charge in [-0.15, -0.1) is 12.4 Å². The minimum absolute atomic E-state index is 0. The third-order valence-corrected chi connectivity index (χ3v) is 8.96. The Morgan fingerprint density at radius 1 is 0.814 bits per heavy atom. The Morgan fingerprint density at radius 3 is 1.88 bits per heavy atom. The number of hydrogen-bond donors (Lipinski definition) is 1. The van der Waals surface area contributed by atoms with Gasteiger partial charge in [0.05, 0.1) is 0 Å². The first kappa shape index (κ1) is 38.0. The Balaban J connectivity index is 0.00000645. The van der Waals surface area contributed by atoms with E-state index in [-0.39, 0.29) is 42.5 Å². The van der Waals surface area contributed by atoms with Crippen LogP contribution in [0.25, 0.3) is 0 Å². The summed E-state index contributed by atoms with van der Waals surface area (Å²) in [5, 5.41) is 9.94.